The molecule has 2 aromatic rings. The minimum atomic E-state index is 0.490. The maximum Gasteiger partial charge on any atom is 0.122 e. The van der Waals surface area contributed by atoms with Crippen molar-refractivity contribution in [3.8, 4) is 5.75 Å². The minimum Gasteiger partial charge on any atom is -0.493 e. The molecule has 1 aromatic heterocycles. The first-order valence-electron chi connectivity index (χ1n) is 6.72. The maximum absolute atomic E-state index is 5.83. The number of fused-ring (bicyclic) bond motifs is 1. The third kappa shape index (κ3) is 2.60. The second-order valence-electron chi connectivity index (χ2n) is 5.24. The maximum atomic E-state index is 5.83. The highest BCUT2D eigenvalue weighted by Gasteiger charge is 2.21. The number of hydrogen-bond acceptors (Lipinski definition) is 3. The molecule has 0 N–H and O–H groups in total. The standard InChI is InChI=1S/C16H18N2O/c1-11-9-17-12(2)15(18-11)8-13-7-14-5-3-4-6-16(14)19-10-13/h3-6,9,13H,7-8,10H2,1-2H3/t13-/m0/s1. The largest absolute Gasteiger partial charge is 0.493 e. The third-order valence-electron chi connectivity index (χ3n) is 3.61. The molecule has 2 heterocycles. The number of hydrogen-bond donors (Lipinski definition) is 0. The van der Waals surface area contributed by atoms with Crippen LogP contribution < -0.4 is 4.74 Å². The van der Waals surface area contributed by atoms with Crippen molar-refractivity contribution >= 4 is 0 Å². The monoisotopic (exact) mass is 254 g/mol. The number of aryl methyl sites for hydroxylation is 2. The molecule has 0 bridgehead atoms. The number of benzene rings is 1. The van der Waals surface area contributed by atoms with Crippen molar-refractivity contribution in [1.82, 2.24) is 9.97 Å². The first-order chi connectivity index (χ1) is 9.22. The van der Waals surface area contributed by atoms with E-state index in [1.54, 1.807) is 0 Å². The Kier molecular flexibility index (Phi) is 3.20. The molecule has 0 amide bonds. The molecule has 0 radical (unpaired) electrons. The summed E-state index contributed by atoms with van der Waals surface area (Å²) in [5.74, 6) is 1.52. The number of para-hydroxylation sites is 1. The van der Waals surface area contributed by atoms with E-state index in [0.29, 0.717) is 5.92 Å². The number of ether oxygens (including phenoxy) is 1. The van der Waals surface area contributed by atoms with Gasteiger partial charge in [0.05, 0.1) is 23.7 Å². The summed E-state index contributed by atoms with van der Waals surface area (Å²) < 4.78 is 5.83. The molecule has 3 heteroatoms. The van der Waals surface area contributed by atoms with Gasteiger partial charge in [-0.3, -0.25) is 9.97 Å². The summed E-state index contributed by atoms with van der Waals surface area (Å²) in [5, 5.41) is 0. The molecule has 0 spiro atoms. The molecule has 19 heavy (non-hydrogen) atoms. The van der Waals surface area contributed by atoms with Gasteiger partial charge >= 0.3 is 0 Å². The lowest BCUT2D eigenvalue weighted by Crippen LogP contribution is -2.23. The molecule has 0 fully saturated rings. The number of aromatic nitrogens is 2. The van der Waals surface area contributed by atoms with Crippen molar-refractivity contribution in [1.29, 1.82) is 0 Å². The van der Waals surface area contributed by atoms with Gasteiger partial charge in [-0.05, 0) is 38.3 Å². The van der Waals surface area contributed by atoms with Crippen LogP contribution in [0.4, 0.5) is 0 Å². The van der Waals surface area contributed by atoms with Crippen molar-refractivity contribution < 1.29 is 4.74 Å². The van der Waals surface area contributed by atoms with Gasteiger partial charge in [-0.2, -0.15) is 0 Å². The summed E-state index contributed by atoms with van der Waals surface area (Å²) in [5.41, 5.74) is 4.42. The zero-order chi connectivity index (χ0) is 13.2. The molecule has 0 unspecified atom stereocenters. The second-order valence-corrected chi connectivity index (χ2v) is 5.24. The van der Waals surface area contributed by atoms with Crippen molar-refractivity contribution in [2.45, 2.75) is 26.7 Å². The quantitative estimate of drug-likeness (QED) is 0.826. The molecular weight excluding hydrogens is 236 g/mol. The molecule has 1 aromatic carbocycles. The van der Waals surface area contributed by atoms with Gasteiger partial charge in [0.1, 0.15) is 5.75 Å². The van der Waals surface area contributed by atoms with E-state index < -0.39 is 0 Å². The zero-order valence-corrected chi connectivity index (χ0v) is 11.4. The van der Waals surface area contributed by atoms with E-state index in [1.807, 2.05) is 32.2 Å². The molecule has 0 saturated heterocycles. The van der Waals surface area contributed by atoms with E-state index in [2.05, 4.69) is 22.1 Å². The highest BCUT2D eigenvalue weighted by Crippen LogP contribution is 2.28. The lowest BCUT2D eigenvalue weighted by Gasteiger charge is -2.25. The molecule has 1 aliphatic rings. The average molecular weight is 254 g/mol. The molecule has 0 saturated carbocycles. The molecule has 1 aliphatic heterocycles. The van der Waals surface area contributed by atoms with Crippen LogP contribution in [0.1, 0.15) is 22.6 Å². The van der Waals surface area contributed by atoms with E-state index >= 15 is 0 Å². The fraction of sp³-hybridized carbons (Fsp3) is 0.375. The van der Waals surface area contributed by atoms with Crippen LogP contribution in [0.5, 0.6) is 5.75 Å². The summed E-state index contributed by atoms with van der Waals surface area (Å²) >= 11 is 0. The smallest absolute Gasteiger partial charge is 0.122 e. The second kappa shape index (κ2) is 5.00. The van der Waals surface area contributed by atoms with Gasteiger partial charge < -0.3 is 4.74 Å². The van der Waals surface area contributed by atoms with Crippen LogP contribution in [-0.2, 0) is 12.8 Å². The van der Waals surface area contributed by atoms with E-state index in [-0.39, 0.29) is 0 Å². The Morgan fingerprint density at radius 2 is 2.11 bits per heavy atom. The summed E-state index contributed by atoms with van der Waals surface area (Å²) in [6.07, 6.45) is 3.82. The third-order valence-corrected chi connectivity index (χ3v) is 3.61. The van der Waals surface area contributed by atoms with E-state index in [0.717, 1.165) is 42.3 Å². The predicted molar refractivity (Wildman–Crippen MR) is 74.3 cm³/mol. The molecule has 0 aliphatic carbocycles. The van der Waals surface area contributed by atoms with Crippen molar-refractivity contribution in [2.24, 2.45) is 5.92 Å². The van der Waals surface area contributed by atoms with E-state index in [1.165, 1.54) is 5.56 Å². The van der Waals surface area contributed by atoms with Gasteiger partial charge in [-0.15, -0.1) is 0 Å². The SMILES string of the molecule is Cc1cnc(C)c(C[C@H]2COc3ccccc3C2)n1. The summed E-state index contributed by atoms with van der Waals surface area (Å²) in [6.45, 7) is 4.79. The van der Waals surface area contributed by atoms with Crippen LogP contribution in [-0.4, -0.2) is 16.6 Å². The molecular formula is C16H18N2O. The molecule has 1 atom stereocenters. The van der Waals surface area contributed by atoms with E-state index in [9.17, 15) is 0 Å². The van der Waals surface area contributed by atoms with Gasteiger partial charge in [-0.25, -0.2) is 0 Å². The fourth-order valence-corrected chi connectivity index (χ4v) is 2.58. The lowest BCUT2D eigenvalue weighted by molar-refractivity contribution is 0.220. The minimum absolute atomic E-state index is 0.490. The normalized spacial score (nSPS) is 17.7. The Morgan fingerprint density at radius 3 is 3.00 bits per heavy atom. The predicted octanol–water partition coefficient (Wildman–Crippen LogP) is 2.89. The first kappa shape index (κ1) is 12.2. The van der Waals surface area contributed by atoms with Crippen LogP contribution in [0.25, 0.3) is 0 Å². The highest BCUT2D eigenvalue weighted by molar-refractivity contribution is 5.35. The Morgan fingerprint density at radius 1 is 1.26 bits per heavy atom. The van der Waals surface area contributed by atoms with Gasteiger partial charge in [0.25, 0.3) is 0 Å². The Balaban J connectivity index is 1.77. The Labute approximate surface area is 113 Å². The zero-order valence-electron chi connectivity index (χ0n) is 11.4. The van der Waals surface area contributed by atoms with Crippen molar-refractivity contribution in [2.75, 3.05) is 6.61 Å². The average Bonchev–Trinajstić information content (AvgIpc) is 2.43. The van der Waals surface area contributed by atoms with Crippen LogP contribution >= 0.6 is 0 Å². The summed E-state index contributed by atoms with van der Waals surface area (Å²) in [6, 6.07) is 8.29. The topological polar surface area (TPSA) is 35.0 Å². The number of nitrogens with zero attached hydrogens (tertiary/aromatic N) is 2. The van der Waals surface area contributed by atoms with Crippen LogP contribution in [0.15, 0.2) is 30.5 Å². The lowest BCUT2D eigenvalue weighted by atomic mass is 9.92. The van der Waals surface area contributed by atoms with Crippen LogP contribution in [0.3, 0.4) is 0 Å². The Hall–Kier alpha value is -1.90. The summed E-state index contributed by atoms with van der Waals surface area (Å²) in [4.78, 5) is 8.99. The van der Waals surface area contributed by atoms with Gasteiger partial charge in [0.15, 0.2) is 0 Å². The van der Waals surface area contributed by atoms with Gasteiger partial charge in [-0.1, -0.05) is 18.2 Å². The molecule has 3 nitrogen and oxygen atoms in total. The first-order valence-corrected chi connectivity index (χ1v) is 6.72. The van der Waals surface area contributed by atoms with Crippen LogP contribution in [0.2, 0.25) is 0 Å². The molecule has 98 valence electrons. The molecule has 3 rings (SSSR count). The summed E-state index contributed by atoms with van der Waals surface area (Å²) in [7, 11) is 0. The fourth-order valence-electron chi connectivity index (χ4n) is 2.58. The van der Waals surface area contributed by atoms with E-state index in [4.69, 9.17) is 4.74 Å². The number of rotatable bonds is 2. The van der Waals surface area contributed by atoms with Crippen molar-refractivity contribution in [3.63, 3.8) is 0 Å². The highest BCUT2D eigenvalue weighted by atomic mass is 16.5. The van der Waals surface area contributed by atoms with Gasteiger partial charge in [0.2, 0.25) is 0 Å². The van der Waals surface area contributed by atoms with Crippen molar-refractivity contribution in [3.05, 3.63) is 53.1 Å². The van der Waals surface area contributed by atoms with Crippen LogP contribution in [0, 0.1) is 19.8 Å². The van der Waals surface area contributed by atoms with Gasteiger partial charge in [0, 0.05) is 12.1 Å². The Bertz CT molecular complexity index is 595.